The van der Waals surface area contributed by atoms with E-state index < -0.39 is 29.7 Å². The molecule has 0 aromatic carbocycles. The fourth-order valence-corrected chi connectivity index (χ4v) is 6.56. The average Bonchev–Trinajstić information content (AvgIpc) is 3.59. The van der Waals surface area contributed by atoms with Crippen LogP contribution in [0.3, 0.4) is 0 Å². The number of amides is 2. The number of ether oxygens (including phenoxy) is 1. The maximum atomic E-state index is 14.1. The summed E-state index contributed by atoms with van der Waals surface area (Å²) in [7, 11) is 2.17. The predicted molar refractivity (Wildman–Crippen MR) is 192 cm³/mol. The van der Waals surface area contributed by atoms with Crippen molar-refractivity contribution >= 4 is 23.5 Å². The largest absolute Gasteiger partial charge is 0.444 e. The topological polar surface area (TPSA) is 145 Å². The first kappa shape index (κ1) is 38.3. The van der Waals surface area contributed by atoms with Crippen molar-refractivity contribution in [2.75, 3.05) is 43.4 Å². The maximum absolute atomic E-state index is 14.1. The van der Waals surface area contributed by atoms with E-state index in [1.165, 1.54) is 49.2 Å². The zero-order valence-corrected chi connectivity index (χ0v) is 30.5. The van der Waals surface area contributed by atoms with E-state index in [1.807, 2.05) is 0 Å². The molecule has 14 heteroatoms. The van der Waals surface area contributed by atoms with Crippen molar-refractivity contribution < 1.29 is 27.5 Å². The fourth-order valence-electron chi connectivity index (χ4n) is 6.56. The van der Waals surface area contributed by atoms with Crippen LogP contribution in [0.4, 0.5) is 25.1 Å². The molecule has 5 rings (SSSR count). The molecule has 0 aliphatic heterocycles. The van der Waals surface area contributed by atoms with Gasteiger partial charge in [-0.3, -0.25) is 14.4 Å². The fraction of sp³-hybridized carbons (Fsp3) is 0.649. The van der Waals surface area contributed by atoms with Crippen LogP contribution in [0.15, 0.2) is 35.2 Å². The smallest absolute Gasteiger partial charge is 0.416 e. The molecule has 0 unspecified atom stereocenters. The summed E-state index contributed by atoms with van der Waals surface area (Å²) in [5.74, 6) is 0.730. The van der Waals surface area contributed by atoms with Gasteiger partial charge in [-0.05, 0) is 116 Å². The summed E-state index contributed by atoms with van der Waals surface area (Å²) < 4.78 is 41.0. The van der Waals surface area contributed by atoms with E-state index in [4.69, 9.17) is 14.9 Å². The van der Waals surface area contributed by atoms with Crippen LogP contribution in [0.5, 0.6) is 0 Å². The molecule has 51 heavy (non-hydrogen) atoms. The van der Waals surface area contributed by atoms with E-state index in [-0.39, 0.29) is 23.3 Å². The zero-order valence-electron chi connectivity index (χ0n) is 30.5. The van der Waals surface area contributed by atoms with Gasteiger partial charge in [0, 0.05) is 31.0 Å². The van der Waals surface area contributed by atoms with Gasteiger partial charge in [0.05, 0.1) is 11.7 Å². The molecule has 3 N–H and O–H groups in total. The molecule has 2 aliphatic rings. The molecule has 3 aromatic heterocycles. The maximum Gasteiger partial charge on any atom is 0.416 e. The lowest BCUT2D eigenvalue weighted by molar-refractivity contribution is 0.0577. The number of oxazole rings is 1. The number of pyridine rings is 1. The highest BCUT2D eigenvalue weighted by atomic mass is 19.3. The molecule has 2 fully saturated rings. The molecule has 0 saturated heterocycles. The number of unbranched alkanes of at least 4 members (excludes halogenated alkanes) is 4. The number of nitrogens with one attached hydrogen (secondary N) is 1. The van der Waals surface area contributed by atoms with Gasteiger partial charge in [0.15, 0.2) is 11.4 Å². The number of carbonyl (C=O) groups is 2. The van der Waals surface area contributed by atoms with Crippen LogP contribution in [0.2, 0.25) is 0 Å². The molecular weight excluding hydrogens is 658 g/mol. The number of aromatic nitrogens is 4. The first-order chi connectivity index (χ1) is 24.4. The normalized spacial score (nSPS) is 18.0. The molecule has 0 atom stereocenters. The summed E-state index contributed by atoms with van der Waals surface area (Å²) >= 11 is 0. The molecule has 2 aliphatic carbocycles. The Kier molecular flexibility index (Phi) is 13.2. The number of nitrogens with two attached hydrogens (primary N) is 1. The molecule has 12 nitrogen and oxygen atoms in total. The number of alkyl halides is 2. The van der Waals surface area contributed by atoms with Gasteiger partial charge in [-0.2, -0.15) is 5.10 Å². The van der Waals surface area contributed by atoms with Gasteiger partial charge < -0.3 is 25.1 Å². The molecule has 0 spiro atoms. The minimum atomic E-state index is -2.87. The quantitative estimate of drug-likeness (QED) is 0.134. The third-order valence-corrected chi connectivity index (χ3v) is 9.48. The minimum Gasteiger partial charge on any atom is -0.444 e. The molecule has 0 bridgehead atoms. The molecule has 0 radical (unpaired) electrons. The Morgan fingerprint density at radius 2 is 1.75 bits per heavy atom. The van der Waals surface area contributed by atoms with Gasteiger partial charge in [0.1, 0.15) is 17.7 Å². The van der Waals surface area contributed by atoms with Crippen molar-refractivity contribution in [3.05, 3.63) is 42.2 Å². The monoisotopic (exact) mass is 712 g/mol. The standard InChI is InChI=1S/C37H54F2N8O4/c1-37(2,3)51-36(49)46(22-26-10-11-26)31-20-27(16-18-41-31)35-43-30(24-50-35)34(48)42-29-23-47(44-32(29)33(38)39)28-14-12-25(13-15-28)21-45(4)19-9-7-5-6-8-17-40/h16,18,20,23-26,28,33H,5-15,17,19,21-22,40H2,1-4H3,(H,42,48)/t25-,28-. The number of rotatable bonds is 17. The molecule has 280 valence electrons. The summed E-state index contributed by atoms with van der Waals surface area (Å²) in [6, 6.07) is 3.29. The number of hydrogen-bond acceptors (Lipinski definition) is 9. The van der Waals surface area contributed by atoms with E-state index in [0.29, 0.717) is 29.8 Å². The lowest BCUT2D eigenvalue weighted by atomic mass is 9.86. The summed E-state index contributed by atoms with van der Waals surface area (Å²) in [4.78, 5) is 38.9. The van der Waals surface area contributed by atoms with Crippen LogP contribution in [0.1, 0.15) is 120 Å². The first-order valence-electron chi connectivity index (χ1n) is 18.4. The summed E-state index contributed by atoms with van der Waals surface area (Å²) in [5, 5.41) is 6.80. The van der Waals surface area contributed by atoms with Gasteiger partial charge in [-0.25, -0.2) is 23.5 Å². The predicted octanol–water partition coefficient (Wildman–Crippen LogP) is 7.85. The highest BCUT2D eigenvalue weighted by Gasteiger charge is 2.32. The van der Waals surface area contributed by atoms with E-state index in [2.05, 4.69) is 32.3 Å². The Bertz CT molecular complexity index is 1580. The van der Waals surface area contributed by atoms with Crippen LogP contribution in [0, 0.1) is 11.8 Å². The van der Waals surface area contributed by atoms with Gasteiger partial charge in [-0.1, -0.05) is 19.3 Å². The second-order valence-electron chi connectivity index (χ2n) is 15.1. The average molecular weight is 713 g/mol. The Labute approximate surface area is 299 Å². The van der Waals surface area contributed by atoms with Crippen LogP contribution >= 0.6 is 0 Å². The number of nitrogens with zero attached hydrogens (tertiary/aromatic N) is 6. The van der Waals surface area contributed by atoms with Crippen LogP contribution < -0.4 is 16.0 Å². The molecular formula is C37H54F2N8O4. The van der Waals surface area contributed by atoms with Gasteiger partial charge in [0.2, 0.25) is 5.89 Å². The Morgan fingerprint density at radius 1 is 1.06 bits per heavy atom. The van der Waals surface area contributed by atoms with E-state index >= 15 is 0 Å². The third kappa shape index (κ3) is 11.3. The second-order valence-corrected chi connectivity index (χ2v) is 15.1. The molecule has 3 aromatic rings. The van der Waals surface area contributed by atoms with E-state index in [1.54, 1.807) is 37.6 Å². The summed E-state index contributed by atoms with van der Waals surface area (Å²) in [6.45, 7) is 8.75. The van der Waals surface area contributed by atoms with Crippen LogP contribution in [-0.2, 0) is 4.74 Å². The SMILES string of the molecule is CN(CCCCCCCN)C[C@H]1CC[C@H](n2cc(NC(=O)c3coc(-c4ccnc(N(CC5CC5)C(=O)OC(C)(C)C)c4)n3)c(C(F)F)n2)CC1. The number of halogens is 2. The number of anilines is 2. The lowest BCUT2D eigenvalue weighted by Gasteiger charge is -2.31. The Morgan fingerprint density at radius 3 is 2.43 bits per heavy atom. The van der Waals surface area contributed by atoms with Gasteiger partial charge >= 0.3 is 6.09 Å². The van der Waals surface area contributed by atoms with Crippen LogP contribution in [0.25, 0.3) is 11.5 Å². The van der Waals surface area contributed by atoms with E-state index in [9.17, 15) is 18.4 Å². The van der Waals surface area contributed by atoms with Crippen molar-refractivity contribution in [2.45, 2.75) is 109 Å². The lowest BCUT2D eigenvalue weighted by Crippen LogP contribution is -2.38. The summed E-state index contributed by atoms with van der Waals surface area (Å²) in [5.41, 5.74) is 4.78. The second kappa shape index (κ2) is 17.5. The third-order valence-electron chi connectivity index (χ3n) is 9.48. The Balaban J connectivity index is 1.18. The molecule has 2 amide bonds. The highest BCUT2D eigenvalue weighted by molar-refractivity contribution is 6.03. The van der Waals surface area contributed by atoms with Crippen molar-refractivity contribution in [3.8, 4) is 11.5 Å². The number of hydrogen-bond donors (Lipinski definition) is 2. The van der Waals surface area contributed by atoms with Crippen LogP contribution in [-0.4, -0.2) is 75.5 Å². The van der Waals surface area contributed by atoms with Gasteiger partial charge in [-0.15, -0.1) is 0 Å². The molecule has 3 heterocycles. The van der Waals surface area contributed by atoms with Crippen molar-refractivity contribution in [1.29, 1.82) is 0 Å². The van der Waals surface area contributed by atoms with Crippen molar-refractivity contribution in [2.24, 2.45) is 17.6 Å². The van der Waals surface area contributed by atoms with Gasteiger partial charge in [0.25, 0.3) is 12.3 Å². The highest BCUT2D eigenvalue weighted by Crippen LogP contribution is 2.36. The molecule has 2 saturated carbocycles. The number of carbonyl (C=O) groups excluding carboxylic acids is 2. The van der Waals surface area contributed by atoms with Crippen molar-refractivity contribution in [1.82, 2.24) is 24.6 Å². The Hall–Kier alpha value is -3.91. The zero-order chi connectivity index (χ0) is 36.5. The minimum absolute atomic E-state index is 0.0167. The van der Waals surface area contributed by atoms with E-state index in [0.717, 1.165) is 64.6 Å². The first-order valence-corrected chi connectivity index (χ1v) is 18.4. The van der Waals surface area contributed by atoms with Crippen molar-refractivity contribution in [3.63, 3.8) is 0 Å². The summed E-state index contributed by atoms with van der Waals surface area (Å²) in [6.07, 6.45) is 12.5.